The van der Waals surface area contributed by atoms with Crippen LogP contribution in [0.1, 0.15) is 31.9 Å². The lowest BCUT2D eigenvalue weighted by atomic mass is 10.1. The number of benzene rings is 1. The average Bonchev–Trinajstić information content (AvgIpc) is 3.59. The van der Waals surface area contributed by atoms with E-state index in [1.807, 2.05) is 31.4 Å². The molecule has 5 rings (SSSR count). The van der Waals surface area contributed by atoms with E-state index >= 15 is 0 Å². The largest absolute Gasteiger partial charge is 0.312 e. The molecule has 11 heteroatoms. The highest BCUT2D eigenvalue weighted by Gasteiger charge is 2.35. The molecule has 4 heterocycles. The van der Waals surface area contributed by atoms with Crippen molar-refractivity contribution >= 4 is 46.3 Å². The van der Waals surface area contributed by atoms with Gasteiger partial charge in [0.1, 0.15) is 11.5 Å². The summed E-state index contributed by atoms with van der Waals surface area (Å²) in [6.45, 7) is 4.13. The maximum atomic E-state index is 13.3. The number of rotatable bonds is 6. The summed E-state index contributed by atoms with van der Waals surface area (Å²) < 4.78 is 1.42. The van der Waals surface area contributed by atoms with Crippen LogP contribution in [-0.4, -0.2) is 38.1 Å². The van der Waals surface area contributed by atoms with Gasteiger partial charge in [-0.3, -0.25) is 19.4 Å². The van der Waals surface area contributed by atoms with Gasteiger partial charge in [-0.1, -0.05) is 31.5 Å². The number of amides is 2. The lowest BCUT2D eigenvalue weighted by molar-refractivity contribution is -0.122. The Labute approximate surface area is 215 Å². The number of halogens is 1. The van der Waals surface area contributed by atoms with Gasteiger partial charge in [-0.15, -0.1) is 11.3 Å². The molecule has 0 radical (unpaired) electrons. The summed E-state index contributed by atoms with van der Waals surface area (Å²) in [7, 11) is 0. The monoisotopic (exact) mass is 522 g/mol. The predicted octanol–water partition coefficient (Wildman–Crippen LogP) is 4.45. The Balaban J connectivity index is 1.45. The van der Waals surface area contributed by atoms with Crippen LogP contribution < -0.4 is 15.8 Å². The molecule has 2 N–H and O–H groups in total. The SMILES string of the molecule is CC(C)c1cc(=O)[nH]c(-n2nc(-c3cccs3)cc2NC(=O)C2CC(=O)N(c3ccc(Cl)cc3)C2)n1. The van der Waals surface area contributed by atoms with Crippen LogP contribution in [0.4, 0.5) is 11.5 Å². The van der Waals surface area contributed by atoms with E-state index in [4.69, 9.17) is 11.6 Å². The summed E-state index contributed by atoms with van der Waals surface area (Å²) >= 11 is 7.47. The summed E-state index contributed by atoms with van der Waals surface area (Å²) in [6, 6.07) is 13.9. The highest BCUT2D eigenvalue weighted by atomic mass is 35.5. The van der Waals surface area contributed by atoms with Gasteiger partial charge in [0, 0.05) is 35.8 Å². The van der Waals surface area contributed by atoms with Crippen molar-refractivity contribution in [1.82, 2.24) is 19.7 Å². The molecule has 9 nitrogen and oxygen atoms in total. The summed E-state index contributed by atoms with van der Waals surface area (Å²) in [5.41, 5.74) is 1.62. The molecule has 0 aliphatic carbocycles. The zero-order valence-electron chi connectivity index (χ0n) is 19.6. The number of aromatic nitrogens is 4. The van der Waals surface area contributed by atoms with Crippen molar-refractivity contribution in [1.29, 1.82) is 0 Å². The van der Waals surface area contributed by atoms with Gasteiger partial charge in [0.15, 0.2) is 0 Å². The van der Waals surface area contributed by atoms with E-state index in [9.17, 15) is 14.4 Å². The standard InChI is InChI=1S/C25H23ClN6O3S/c1-14(2)18-12-22(33)29-25(27-18)32-21(11-19(30-32)20-4-3-9-36-20)28-24(35)15-10-23(34)31(13-15)17-7-5-16(26)6-8-17/h3-9,11-12,14-15H,10,13H2,1-2H3,(H,28,35)(H,27,29,33). The van der Waals surface area contributed by atoms with Crippen molar-refractivity contribution in [3.05, 3.63) is 75.0 Å². The fourth-order valence-electron chi connectivity index (χ4n) is 4.02. The summed E-state index contributed by atoms with van der Waals surface area (Å²) in [5.74, 6) is -0.433. The number of H-pyrrole nitrogens is 1. The first-order chi connectivity index (χ1) is 17.3. The number of aromatic amines is 1. The molecular weight excluding hydrogens is 500 g/mol. The van der Waals surface area contributed by atoms with Crippen LogP contribution in [0, 0.1) is 5.92 Å². The number of thiophene rings is 1. The molecule has 0 bridgehead atoms. The third-order valence-corrected chi connectivity index (χ3v) is 7.05. The molecule has 1 unspecified atom stereocenters. The molecule has 2 amide bonds. The molecule has 1 aliphatic heterocycles. The normalized spacial score (nSPS) is 15.6. The number of anilines is 2. The van der Waals surface area contributed by atoms with E-state index in [-0.39, 0.29) is 42.2 Å². The van der Waals surface area contributed by atoms with Gasteiger partial charge in [-0.25, -0.2) is 4.98 Å². The summed E-state index contributed by atoms with van der Waals surface area (Å²) in [6.07, 6.45) is 0.0816. The minimum absolute atomic E-state index is 0.0276. The van der Waals surface area contributed by atoms with E-state index in [1.54, 1.807) is 35.2 Å². The number of nitrogens with one attached hydrogen (secondary N) is 2. The first-order valence-electron chi connectivity index (χ1n) is 11.4. The smallest absolute Gasteiger partial charge is 0.252 e. The predicted molar refractivity (Wildman–Crippen MR) is 140 cm³/mol. The van der Waals surface area contributed by atoms with Gasteiger partial charge in [0.25, 0.3) is 5.56 Å². The average molecular weight is 523 g/mol. The highest BCUT2D eigenvalue weighted by Crippen LogP contribution is 2.30. The number of nitrogens with zero attached hydrogens (tertiary/aromatic N) is 4. The van der Waals surface area contributed by atoms with Gasteiger partial charge < -0.3 is 10.2 Å². The molecule has 0 spiro atoms. The topological polar surface area (TPSA) is 113 Å². The van der Waals surface area contributed by atoms with Crippen molar-refractivity contribution in [2.24, 2.45) is 5.92 Å². The second-order valence-corrected chi connectivity index (χ2v) is 10.2. The molecule has 0 saturated carbocycles. The van der Waals surface area contributed by atoms with E-state index in [1.165, 1.54) is 22.1 Å². The van der Waals surface area contributed by atoms with Crippen LogP contribution in [0.15, 0.2) is 58.7 Å². The maximum absolute atomic E-state index is 13.3. The Kier molecular flexibility index (Phi) is 6.46. The van der Waals surface area contributed by atoms with Crippen LogP contribution >= 0.6 is 22.9 Å². The van der Waals surface area contributed by atoms with Gasteiger partial charge in [-0.2, -0.15) is 9.78 Å². The Morgan fingerprint density at radius 1 is 1.19 bits per heavy atom. The second-order valence-electron chi connectivity index (χ2n) is 8.82. The van der Waals surface area contributed by atoms with Crippen molar-refractivity contribution < 1.29 is 9.59 Å². The van der Waals surface area contributed by atoms with Crippen molar-refractivity contribution in [3.8, 4) is 16.5 Å². The number of hydrogen-bond donors (Lipinski definition) is 2. The summed E-state index contributed by atoms with van der Waals surface area (Å²) in [5, 5.41) is 10.0. The molecule has 1 saturated heterocycles. The fraction of sp³-hybridized carbons (Fsp3) is 0.240. The van der Waals surface area contributed by atoms with E-state index in [0.29, 0.717) is 27.9 Å². The Bertz CT molecular complexity index is 1480. The van der Waals surface area contributed by atoms with Crippen LogP contribution in [0.5, 0.6) is 0 Å². The second kappa shape index (κ2) is 9.71. The molecule has 3 aromatic heterocycles. The Morgan fingerprint density at radius 2 is 1.97 bits per heavy atom. The molecular formula is C25H23ClN6O3S. The number of carbonyl (C=O) groups is 2. The number of carbonyl (C=O) groups excluding carboxylic acids is 2. The molecule has 1 aromatic carbocycles. The van der Waals surface area contributed by atoms with Crippen molar-refractivity contribution in [2.45, 2.75) is 26.2 Å². The molecule has 1 aliphatic rings. The van der Waals surface area contributed by atoms with Crippen LogP contribution in [-0.2, 0) is 9.59 Å². The van der Waals surface area contributed by atoms with E-state index < -0.39 is 5.92 Å². The minimum Gasteiger partial charge on any atom is -0.312 e. The minimum atomic E-state index is -0.560. The fourth-order valence-corrected chi connectivity index (χ4v) is 4.82. The molecule has 4 aromatic rings. The van der Waals surface area contributed by atoms with Crippen LogP contribution in [0.3, 0.4) is 0 Å². The van der Waals surface area contributed by atoms with Crippen molar-refractivity contribution in [3.63, 3.8) is 0 Å². The van der Waals surface area contributed by atoms with E-state index in [0.717, 1.165) is 4.88 Å². The van der Waals surface area contributed by atoms with Crippen molar-refractivity contribution in [2.75, 3.05) is 16.8 Å². The zero-order valence-corrected chi connectivity index (χ0v) is 21.1. The maximum Gasteiger partial charge on any atom is 0.252 e. The molecule has 36 heavy (non-hydrogen) atoms. The number of hydrogen-bond acceptors (Lipinski definition) is 6. The van der Waals surface area contributed by atoms with Gasteiger partial charge in [0.05, 0.1) is 16.5 Å². The van der Waals surface area contributed by atoms with Crippen LogP contribution in [0.2, 0.25) is 5.02 Å². The van der Waals surface area contributed by atoms with Crippen LogP contribution in [0.25, 0.3) is 16.5 Å². The van der Waals surface area contributed by atoms with Gasteiger partial charge in [0.2, 0.25) is 17.8 Å². The van der Waals surface area contributed by atoms with E-state index in [2.05, 4.69) is 20.4 Å². The molecule has 1 atom stereocenters. The van der Waals surface area contributed by atoms with Gasteiger partial charge in [-0.05, 0) is 41.6 Å². The molecule has 1 fully saturated rings. The highest BCUT2D eigenvalue weighted by molar-refractivity contribution is 7.13. The zero-order chi connectivity index (χ0) is 25.4. The lowest BCUT2D eigenvalue weighted by Crippen LogP contribution is -2.29. The quantitative estimate of drug-likeness (QED) is 0.388. The first kappa shape index (κ1) is 24.0. The summed E-state index contributed by atoms with van der Waals surface area (Å²) in [4.78, 5) is 48.0. The first-order valence-corrected chi connectivity index (χ1v) is 12.7. The molecule has 184 valence electrons. The van der Waals surface area contributed by atoms with Gasteiger partial charge >= 0.3 is 0 Å². The Morgan fingerprint density at radius 3 is 2.67 bits per heavy atom. The third kappa shape index (κ3) is 4.82. The Hall–Kier alpha value is -3.76. The lowest BCUT2D eigenvalue weighted by Gasteiger charge is -2.17. The third-order valence-electron chi connectivity index (χ3n) is 5.91.